The van der Waals surface area contributed by atoms with Gasteiger partial charge in [0.15, 0.2) is 0 Å². The molecule has 0 saturated heterocycles. The first-order valence-corrected chi connectivity index (χ1v) is 6.28. The largest absolute Gasteiger partial charge is 0.392 e. The normalized spacial score (nSPS) is 27.2. The molecule has 2 rings (SSSR count). The SMILES string of the molecule is OC(CNC1CCCCCC1)C1CC1. The Bertz CT molecular complexity index is 160. The Kier molecular flexibility index (Phi) is 3.82. The lowest BCUT2D eigenvalue weighted by atomic mass is 10.1. The van der Waals surface area contributed by atoms with Crippen LogP contribution in [0.2, 0.25) is 0 Å². The van der Waals surface area contributed by atoms with Crippen molar-refractivity contribution in [3.8, 4) is 0 Å². The van der Waals surface area contributed by atoms with Gasteiger partial charge in [0.25, 0.3) is 0 Å². The maximum absolute atomic E-state index is 9.73. The Labute approximate surface area is 87.1 Å². The van der Waals surface area contributed by atoms with Crippen molar-refractivity contribution >= 4 is 0 Å². The Morgan fingerprint density at radius 2 is 1.64 bits per heavy atom. The zero-order chi connectivity index (χ0) is 9.80. The van der Waals surface area contributed by atoms with E-state index in [1.807, 2.05) is 0 Å². The van der Waals surface area contributed by atoms with E-state index in [9.17, 15) is 5.11 Å². The maximum atomic E-state index is 9.73. The second-order valence-corrected chi connectivity index (χ2v) is 5.00. The molecular weight excluding hydrogens is 174 g/mol. The summed E-state index contributed by atoms with van der Waals surface area (Å²) >= 11 is 0. The van der Waals surface area contributed by atoms with Crippen LogP contribution in [0.1, 0.15) is 51.4 Å². The Morgan fingerprint density at radius 1 is 1.00 bits per heavy atom. The molecule has 1 unspecified atom stereocenters. The number of hydrogen-bond acceptors (Lipinski definition) is 2. The van der Waals surface area contributed by atoms with Gasteiger partial charge in [-0.05, 0) is 31.6 Å². The van der Waals surface area contributed by atoms with E-state index in [-0.39, 0.29) is 6.10 Å². The molecule has 2 heteroatoms. The molecule has 0 aliphatic heterocycles. The molecule has 0 aromatic rings. The smallest absolute Gasteiger partial charge is 0.0692 e. The van der Waals surface area contributed by atoms with Gasteiger partial charge in [-0.3, -0.25) is 0 Å². The first-order chi connectivity index (χ1) is 6.86. The van der Waals surface area contributed by atoms with Gasteiger partial charge in [-0.2, -0.15) is 0 Å². The minimum absolute atomic E-state index is 0.0711. The minimum atomic E-state index is -0.0711. The van der Waals surface area contributed by atoms with Gasteiger partial charge in [-0.25, -0.2) is 0 Å². The van der Waals surface area contributed by atoms with Gasteiger partial charge in [0.05, 0.1) is 6.10 Å². The van der Waals surface area contributed by atoms with E-state index in [4.69, 9.17) is 0 Å². The topological polar surface area (TPSA) is 32.3 Å². The van der Waals surface area contributed by atoms with Crippen LogP contribution >= 0.6 is 0 Å². The van der Waals surface area contributed by atoms with E-state index < -0.39 is 0 Å². The van der Waals surface area contributed by atoms with Gasteiger partial charge in [-0.15, -0.1) is 0 Å². The summed E-state index contributed by atoms with van der Waals surface area (Å²) in [5.74, 6) is 0.619. The molecule has 1 atom stereocenters. The average molecular weight is 197 g/mol. The second kappa shape index (κ2) is 5.13. The van der Waals surface area contributed by atoms with Crippen molar-refractivity contribution in [1.29, 1.82) is 0 Å². The van der Waals surface area contributed by atoms with Crippen LogP contribution in [0.3, 0.4) is 0 Å². The van der Waals surface area contributed by atoms with Crippen LogP contribution in [0.4, 0.5) is 0 Å². The maximum Gasteiger partial charge on any atom is 0.0692 e. The first kappa shape index (κ1) is 10.4. The highest BCUT2D eigenvalue weighted by molar-refractivity contribution is 4.83. The van der Waals surface area contributed by atoms with Crippen molar-refractivity contribution in [2.75, 3.05) is 6.54 Å². The van der Waals surface area contributed by atoms with E-state index in [1.165, 1.54) is 51.4 Å². The minimum Gasteiger partial charge on any atom is -0.392 e. The molecular formula is C12H23NO. The first-order valence-electron chi connectivity index (χ1n) is 6.28. The third-order valence-corrected chi connectivity index (χ3v) is 3.64. The van der Waals surface area contributed by atoms with E-state index >= 15 is 0 Å². The highest BCUT2D eigenvalue weighted by atomic mass is 16.3. The Balaban J connectivity index is 1.62. The molecule has 2 aliphatic rings. The van der Waals surface area contributed by atoms with Crippen LogP contribution in [0, 0.1) is 5.92 Å². The fourth-order valence-corrected chi connectivity index (χ4v) is 2.42. The van der Waals surface area contributed by atoms with E-state index in [1.54, 1.807) is 0 Å². The fourth-order valence-electron chi connectivity index (χ4n) is 2.42. The summed E-state index contributed by atoms with van der Waals surface area (Å²) in [6, 6.07) is 0.686. The highest BCUT2D eigenvalue weighted by Crippen LogP contribution is 2.32. The molecule has 0 heterocycles. The molecule has 0 aromatic heterocycles. The summed E-state index contributed by atoms with van der Waals surface area (Å²) in [4.78, 5) is 0. The Morgan fingerprint density at radius 3 is 2.21 bits per heavy atom. The molecule has 2 N–H and O–H groups in total. The lowest BCUT2D eigenvalue weighted by Crippen LogP contribution is -2.36. The van der Waals surface area contributed by atoms with Crippen molar-refractivity contribution < 1.29 is 5.11 Å². The van der Waals surface area contributed by atoms with Crippen molar-refractivity contribution in [2.45, 2.75) is 63.5 Å². The number of rotatable bonds is 4. The molecule has 0 radical (unpaired) electrons. The summed E-state index contributed by atoms with van der Waals surface area (Å²) in [6.45, 7) is 0.829. The summed E-state index contributed by atoms with van der Waals surface area (Å²) in [5.41, 5.74) is 0. The van der Waals surface area contributed by atoms with E-state index in [0.29, 0.717) is 12.0 Å². The molecule has 2 saturated carbocycles. The van der Waals surface area contributed by atoms with Crippen LogP contribution in [-0.4, -0.2) is 23.8 Å². The monoisotopic (exact) mass is 197 g/mol. The van der Waals surface area contributed by atoms with E-state index in [0.717, 1.165) is 6.54 Å². The molecule has 2 fully saturated rings. The zero-order valence-electron chi connectivity index (χ0n) is 9.04. The summed E-state index contributed by atoms with van der Waals surface area (Å²) in [5, 5.41) is 13.3. The van der Waals surface area contributed by atoms with Gasteiger partial charge in [-0.1, -0.05) is 25.7 Å². The van der Waals surface area contributed by atoms with Crippen LogP contribution in [0.25, 0.3) is 0 Å². The van der Waals surface area contributed by atoms with Gasteiger partial charge in [0.2, 0.25) is 0 Å². The number of aliphatic hydroxyl groups excluding tert-OH is 1. The van der Waals surface area contributed by atoms with Crippen LogP contribution in [0.5, 0.6) is 0 Å². The predicted molar refractivity (Wildman–Crippen MR) is 58.2 cm³/mol. The molecule has 0 bridgehead atoms. The molecule has 82 valence electrons. The molecule has 2 nitrogen and oxygen atoms in total. The fraction of sp³-hybridized carbons (Fsp3) is 1.00. The standard InChI is InChI=1S/C12H23NO/c14-12(10-7-8-10)9-13-11-5-3-1-2-4-6-11/h10-14H,1-9H2. The Hall–Kier alpha value is -0.0800. The van der Waals surface area contributed by atoms with Gasteiger partial charge >= 0.3 is 0 Å². The number of aliphatic hydroxyl groups is 1. The third kappa shape index (κ3) is 3.25. The summed E-state index contributed by atoms with van der Waals surface area (Å²) < 4.78 is 0. The van der Waals surface area contributed by atoms with Gasteiger partial charge in [0, 0.05) is 12.6 Å². The molecule has 2 aliphatic carbocycles. The molecule has 0 spiro atoms. The quantitative estimate of drug-likeness (QED) is 0.676. The van der Waals surface area contributed by atoms with E-state index in [2.05, 4.69) is 5.32 Å². The third-order valence-electron chi connectivity index (χ3n) is 3.64. The van der Waals surface area contributed by atoms with Crippen molar-refractivity contribution in [1.82, 2.24) is 5.32 Å². The van der Waals surface area contributed by atoms with Crippen LogP contribution in [0.15, 0.2) is 0 Å². The molecule has 0 aromatic carbocycles. The molecule has 14 heavy (non-hydrogen) atoms. The number of hydrogen-bond donors (Lipinski definition) is 2. The van der Waals surface area contributed by atoms with Gasteiger partial charge < -0.3 is 10.4 Å². The van der Waals surface area contributed by atoms with Crippen molar-refractivity contribution in [3.63, 3.8) is 0 Å². The highest BCUT2D eigenvalue weighted by Gasteiger charge is 2.29. The zero-order valence-corrected chi connectivity index (χ0v) is 9.04. The lowest BCUT2D eigenvalue weighted by Gasteiger charge is -2.18. The summed E-state index contributed by atoms with van der Waals surface area (Å²) in [6.07, 6.45) is 10.6. The summed E-state index contributed by atoms with van der Waals surface area (Å²) in [7, 11) is 0. The average Bonchev–Trinajstić information content (AvgIpc) is 3.01. The van der Waals surface area contributed by atoms with Crippen molar-refractivity contribution in [2.24, 2.45) is 5.92 Å². The predicted octanol–water partition coefficient (Wildman–Crippen LogP) is 2.07. The van der Waals surface area contributed by atoms with Crippen LogP contribution < -0.4 is 5.32 Å². The second-order valence-electron chi connectivity index (χ2n) is 5.00. The van der Waals surface area contributed by atoms with Crippen molar-refractivity contribution in [3.05, 3.63) is 0 Å². The van der Waals surface area contributed by atoms with Crippen LogP contribution in [-0.2, 0) is 0 Å². The lowest BCUT2D eigenvalue weighted by molar-refractivity contribution is 0.143. The molecule has 0 amide bonds. The number of nitrogens with one attached hydrogen (secondary N) is 1. The van der Waals surface area contributed by atoms with Gasteiger partial charge in [0.1, 0.15) is 0 Å².